The maximum atomic E-state index is 11.6. The Hall–Kier alpha value is -3.46. The van der Waals surface area contributed by atoms with E-state index in [1.807, 2.05) is 0 Å². The maximum Gasteiger partial charge on any atom is 0.329 e. The number of hydrogen-bond acceptors (Lipinski definition) is 6. The minimum atomic E-state index is -0.831. The van der Waals surface area contributed by atoms with E-state index >= 15 is 0 Å². The van der Waals surface area contributed by atoms with E-state index in [0.717, 1.165) is 18.4 Å². The van der Waals surface area contributed by atoms with E-state index in [1.54, 1.807) is 30.3 Å². The average molecular weight is 417 g/mol. The van der Waals surface area contributed by atoms with Crippen molar-refractivity contribution in [3.63, 3.8) is 0 Å². The van der Waals surface area contributed by atoms with Gasteiger partial charge in [0.25, 0.3) is 5.69 Å². The number of hydrazone groups is 1. The van der Waals surface area contributed by atoms with Gasteiger partial charge in [-0.1, -0.05) is 11.6 Å². The predicted molar refractivity (Wildman–Crippen MR) is 106 cm³/mol. The highest BCUT2D eigenvalue weighted by atomic mass is 35.5. The number of benzene rings is 2. The van der Waals surface area contributed by atoms with Crippen molar-refractivity contribution in [2.45, 2.75) is 25.5 Å². The van der Waals surface area contributed by atoms with Gasteiger partial charge in [0.1, 0.15) is 12.4 Å². The Kier molecular flexibility index (Phi) is 6.40. The van der Waals surface area contributed by atoms with Crippen molar-refractivity contribution in [1.29, 1.82) is 0 Å². The molecule has 2 aromatic rings. The first-order chi connectivity index (χ1) is 13.9. The van der Waals surface area contributed by atoms with Gasteiger partial charge in [0.15, 0.2) is 0 Å². The first-order valence-electron chi connectivity index (χ1n) is 8.72. The molecule has 0 aliphatic heterocycles. The normalized spacial score (nSPS) is 13.1. The molecule has 2 amide bonds. The van der Waals surface area contributed by atoms with Gasteiger partial charge in [0.05, 0.1) is 16.2 Å². The van der Waals surface area contributed by atoms with Gasteiger partial charge in [-0.3, -0.25) is 19.7 Å². The van der Waals surface area contributed by atoms with Gasteiger partial charge < -0.3 is 10.1 Å². The number of halogens is 1. The van der Waals surface area contributed by atoms with Gasteiger partial charge in [0.2, 0.25) is 0 Å². The third kappa shape index (κ3) is 6.01. The Bertz CT molecular complexity index is 958. The Morgan fingerprint density at radius 3 is 2.55 bits per heavy atom. The van der Waals surface area contributed by atoms with Crippen LogP contribution in [-0.2, 0) is 16.2 Å². The van der Waals surface area contributed by atoms with Crippen LogP contribution in [0.1, 0.15) is 24.0 Å². The SMILES string of the molecule is O=C(N/N=C\c1ccc(OCc2ccc([N+](=O)[O-])cc2)c(Cl)c1)C(=O)NC1CC1. The van der Waals surface area contributed by atoms with Gasteiger partial charge in [0, 0.05) is 18.2 Å². The molecule has 9 nitrogen and oxygen atoms in total. The number of nitrogens with one attached hydrogen (secondary N) is 2. The van der Waals surface area contributed by atoms with Crippen LogP contribution in [-0.4, -0.2) is 29.0 Å². The molecule has 0 spiro atoms. The van der Waals surface area contributed by atoms with Crippen LogP contribution in [0, 0.1) is 10.1 Å². The van der Waals surface area contributed by atoms with E-state index < -0.39 is 16.7 Å². The number of amides is 2. The standard InChI is InChI=1S/C19H17ClN4O5/c20-16-9-13(10-21-23-19(26)18(25)22-14-4-5-14)3-8-17(16)29-11-12-1-6-15(7-2-12)24(27)28/h1-3,6-10,14H,4-5,11H2,(H,22,25)(H,23,26)/b21-10-. The molecule has 0 saturated heterocycles. The van der Waals surface area contributed by atoms with Crippen molar-refractivity contribution in [2.24, 2.45) is 5.10 Å². The molecule has 0 aromatic heterocycles. The molecule has 2 N–H and O–H groups in total. The van der Waals surface area contributed by atoms with E-state index in [4.69, 9.17) is 16.3 Å². The highest BCUT2D eigenvalue weighted by Gasteiger charge is 2.26. The van der Waals surface area contributed by atoms with Crippen molar-refractivity contribution in [2.75, 3.05) is 0 Å². The summed E-state index contributed by atoms with van der Waals surface area (Å²) in [6.07, 6.45) is 3.13. The first-order valence-corrected chi connectivity index (χ1v) is 9.10. The molecule has 1 fully saturated rings. The van der Waals surface area contributed by atoms with Crippen LogP contribution in [0.3, 0.4) is 0 Å². The van der Waals surface area contributed by atoms with Gasteiger partial charge in [-0.05, 0) is 54.3 Å². The minimum absolute atomic E-state index is 0.00698. The van der Waals surface area contributed by atoms with E-state index in [-0.39, 0.29) is 18.3 Å². The van der Waals surface area contributed by atoms with Crippen LogP contribution >= 0.6 is 11.6 Å². The molecular formula is C19H17ClN4O5. The summed E-state index contributed by atoms with van der Waals surface area (Å²) in [7, 11) is 0. The Morgan fingerprint density at radius 1 is 1.21 bits per heavy atom. The topological polar surface area (TPSA) is 123 Å². The lowest BCUT2D eigenvalue weighted by Gasteiger charge is -2.08. The van der Waals surface area contributed by atoms with Crippen molar-refractivity contribution in [3.8, 4) is 5.75 Å². The summed E-state index contributed by atoms with van der Waals surface area (Å²) >= 11 is 6.19. The molecule has 1 aliphatic rings. The van der Waals surface area contributed by atoms with Crippen LogP contribution in [0.25, 0.3) is 0 Å². The number of nitrogens with zero attached hydrogens (tertiary/aromatic N) is 2. The fourth-order valence-electron chi connectivity index (χ4n) is 2.28. The fourth-order valence-corrected chi connectivity index (χ4v) is 2.53. The molecule has 3 rings (SSSR count). The van der Waals surface area contributed by atoms with Crippen molar-refractivity contribution >= 4 is 35.3 Å². The van der Waals surface area contributed by atoms with Crippen LogP contribution in [0.15, 0.2) is 47.6 Å². The lowest BCUT2D eigenvalue weighted by atomic mass is 10.2. The summed E-state index contributed by atoms with van der Waals surface area (Å²) < 4.78 is 5.63. The van der Waals surface area contributed by atoms with Gasteiger partial charge in [-0.2, -0.15) is 5.10 Å². The number of carbonyl (C=O) groups is 2. The van der Waals surface area contributed by atoms with Crippen molar-refractivity contribution in [1.82, 2.24) is 10.7 Å². The molecule has 2 aromatic carbocycles. The number of hydrogen-bond donors (Lipinski definition) is 2. The lowest BCUT2D eigenvalue weighted by molar-refractivity contribution is -0.384. The number of nitro groups is 1. The first kappa shape index (κ1) is 20.3. The van der Waals surface area contributed by atoms with Crippen molar-refractivity contribution < 1.29 is 19.2 Å². The van der Waals surface area contributed by atoms with E-state index in [1.165, 1.54) is 18.3 Å². The second kappa shape index (κ2) is 9.16. The molecule has 0 atom stereocenters. The molecule has 29 heavy (non-hydrogen) atoms. The Labute approximate surface area is 170 Å². The van der Waals surface area contributed by atoms with Crippen LogP contribution < -0.4 is 15.5 Å². The average Bonchev–Trinajstić information content (AvgIpc) is 3.51. The number of ether oxygens (including phenoxy) is 1. The zero-order chi connectivity index (χ0) is 20.8. The van der Waals surface area contributed by atoms with Crippen LogP contribution in [0.2, 0.25) is 5.02 Å². The second-order valence-electron chi connectivity index (χ2n) is 6.35. The van der Waals surface area contributed by atoms with E-state index in [2.05, 4.69) is 15.8 Å². The summed E-state index contributed by atoms with van der Waals surface area (Å²) in [5.41, 5.74) is 3.51. The monoisotopic (exact) mass is 416 g/mol. The summed E-state index contributed by atoms with van der Waals surface area (Å²) in [5.74, 6) is -1.12. The Balaban J connectivity index is 1.51. The molecule has 1 saturated carbocycles. The van der Waals surface area contributed by atoms with Gasteiger partial charge >= 0.3 is 11.8 Å². The Morgan fingerprint density at radius 2 is 1.93 bits per heavy atom. The minimum Gasteiger partial charge on any atom is -0.487 e. The van der Waals surface area contributed by atoms with Gasteiger partial charge in [-0.15, -0.1) is 0 Å². The largest absolute Gasteiger partial charge is 0.487 e. The number of nitro benzene ring substituents is 1. The highest BCUT2D eigenvalue weighted by molar-refractivity contribution is 6.35. The smallest absolute Gasteiger partial charge is 0.329 e. The number of rotatable bonds is 7. The molecule has 10 heteroatoms. The third-order valence-electron chi connectivity index (χ3n) is 4.00. The van der Waals surface area contributed by atoms with E-state index in [0.29, 0.717) is 16.3 Å². The summed E-state index contributed by atoms with van der Waals surface area (Å²) in [4.78, 5) is 33.3. The quantitative estimate of drug-likeness (QED) is 0.311. The molecule has 0 unspecified atom stereocenters. The zero-order valence-corrected chi connectivity index (χ0v) is 15.9. The summed E-state index contributed by atoms with van der Waals surface area (Å²) in [6.45, 7) is 0.192. The molecule has 0 heterocycles. The lowest BCUT2D eigenvalue weighted by Crippen LogP contribution is -2.38. The molecule has 0 bridgehead atoms. The number of carbonyl (C=O) groups excluding carboxylic acids is 2. The van der Waals surface area contributed by atoms with Gasteiger partial charge in [-0.25, -0.2) is 5.43 Å². The van der Waals surface area contributed by atoms with Crippen LogP contribution in [0.4, 0.5) is 5.69 Å². The van der Waals surface area contributed by atoms with Crippen molar-refractivity contribution in [3.05, 3.63) is 68.7 Å². The molecule has 0 radical (unpaired) electrons. The number of non-ortho nitro benzene ring substituents is 1. The predicted octanol–water partition coefficient (Wildman–Crippen LogP) is 2.56. The molecule has 150 valence electrons. The zero-order valence-electron chi connectivity index (χ0n) is 15.1. The van der Waals surface area contributed by atoms with E-state index in [9.17, 15) is 19.7 Å². The third-order valence-corrected chi connectivity index (χ3v) is 4.29. The second-order valence-corrected chi connectivity index (χ2v) is 6.76. The molecular weight excluding hydrogens is 400 g/mol. The van der Waals surface area contributed by atoms with Crippen LogP contribution in [0.5, 0.6) is 5.75 Å². The molecule has 1 aliphatic carbocycles. The summed E-state index contributed by atoms with van der Waals surface area (Å²) in [5, 5.41) is 17.3. The maximum absolute atomic E-state index is 11.6. The fraction of sp³-hybridized carbons (Fsp3) is 0.211. The summed E-state index contributed by atoms with van der Waals surface area (Å²) in [6, 6.07) is 11.0. The highest BCUT2D eigenvalue weighted by Crippen LogP contribution is 2.26.